The Morgan fingerprint density at radius 3 is 2.31 bits per heavy atom. The quantitative estimate of drug-likeness (QED) is 0.331. The minimum Gasteiger partial charge on any atom is -0.325 e. The van der Waals surface area contributed by atoms with Crippen LogP contribution >= 0.6 is 34.7 Å². The molecule has 7 nitrogen and oxygen atoms in total. The van der Waals surface area contributed by atoms with Gasteiger partial charge in [0.1, 0.15) is 17.6 Å². The van der Waals surface area contributed by atoms with Gasteiger partial charge in [-0.1, -0.05) is 65.0 Å². The number of nitrogens with zero attached hydrogens (tertiary/aromatic N) is 2. The number of thioether (sulfide) groups is 1. The topological polar surface area (TPSA) is 88.5 Å². The molecule has 4 aromatic rings. The van der Waals surface area contributed by atoms with Gasteiger partial charge >= 0.3 is 4.87 Å². The van der Waals surface area contributed by atoms with Gasteiger partial charge in [0.2, 0.25) is 17.7 Å². The third-order valence-corrected chi connectivity index (χ3v) is 9.58. The first-order valence-corrected chi connectivity index (χ1v) is 14.0. The lowest BCUT2D eigenvalue weighted by Gasteiger charge is -2.30. The smallest absolute Gasteiger partial charge is 0.308 e. The molecule has 0 bridgehead atoms. The number of thiazole rings is 1. The van der Waals surface area contributed by atoms with Gasteiger partial charge in [-0.05, 0) is 54.1 Å². The van der Waals surface area contributed by atoms with Gasteiger partial charge in [0.15, 0.2) is 0 Å². The lowest BCUT2D eigenvalue weighted by atomic mass is 9.83. The Balaban J connectivity index is 1.39. The number of imide groups is 1. The normalized spacial score (nSPS) is 20.1. The summed E-state index contributed by atoms with van der Waals surface area (Å²) in [7, 11) is 0. The average Bonchev–Trinajstić information content (AvgIpc) is 3.37. The lowest BCUT2D eigenvalue weighted by Crippen LogP contribution is -2.33. The third kappa shape index (κ3) is 4.58. The van der Waals surface area contributed by atoms with E-state index in [4.69, 9.17) is 11.6 Å². The molecule has 1 fully saturated rings. The number of hydrogen-bond donors (Lipinski definition) is 1. The summed E-state index contributed by atoms with van der Waals surface area (Å²) in [6.07, 6.45) is 0. The van der Waals surface area contributed by atoms with Gasteiger partial charge in [0.25, 0.3) is 0 Å². The van der Waals surface area contributed by atoms with Crippen molar-refractivity contribution in [1.82, 2.24) is 4.57 Å². The van der Waals surface area contributed by atoms with E-state index in [1.165, 1.54) is 33.7 Å². The number of carbonyl (C=O) groups is 3. The van der Waals surface area contributed by atoms with Crippen LogP contribution in [-0.4, -0.2) is 27.5 Å². The molecular weight excluding hydrogens is 561 g/mol. The Morgan fingerprint density at radius 2 is 1.62 bits per heavy atom. The number of aromatic nitrogens is 1. The molecule has 0 spiro atoms. The van der Waals surface area contributed by atoms with Crippen LogP contribution in [0, 0.1) is 11.7 Å². The molecule has 3 amide bonds. The fourth-order valence-electron chi connectivity index (χ4n) is 5.00. The third-order valence-electron chi connectivity index (χ3n) is 6.72. The zero-order valence-electron chi connectivity index (χ0n) is 20.0. The van der Waals surface area contributed by atoms with Crippen molar-refractivity contribution in [3.05, 3.63) is 110 Å². The minimum atomic E-state index is -0.786. The predicted molar refractivity (Wildman–Crippen MR) is 149 cm³/mol. The highest BCUT2D eigenvalue weighted by Gasteiger charge is 2.56. The van der Waals surface area contributed by atoms with Crippen LogP contribution in [0.3, 0.4) is 0 Å². The Labute approximate surface area is 235 Å². The van der Waals surface area contributed by atoms with Gasteiger partial charge < -0.3 is 5.32 Å². The molecule has 196 valence electrons. The molecule has 11 heteroatoms. The molecule has 6 rings (SSSR count). The number of amides is 3. The van der Waals surface area contributed by atoms with E-state index >= 15 is 0 Å². The van der Waals surface area contributed by atoms with Crippen LogP contribution in [0.1, 0.15) is 16.4 Å². The first-order chi connectivity index (χ1) is 18.8. The van der Waals surface area contributed by atoms with E-state index in [0.717, 1.165) is 28.7 Å². The number of nitrogens with one attached hydrogen (secondary N) is 1. The molecule has 2 unspecified atom stereocenters. The van der Waals surface area contributed by atoms with Crippen molar-refractivity contribution < 1.29 is 18.8 Å². The summed E-state index contributed by atoms with van der Waals surface area (Å²) in [5, 5.41) is 2.86. The molecule has 3 atom stereocenters. The van der Waals surface area contributed by atoms with Gasteiger partial charge in [0, 0.05) is 21.5 Å². The summed E-state index contributed by atoms with van der Waals surface area (Å²) in [5.74, 6) is -2.91. The monoisotopic (exact) mass is 579 g/mol. The van der Waals surface area contributed by atoms with Crippen LogP contribution in [-0.2, 0) is 20.9 Å². The molecule has 1 N–H and O–H groups in total. The molecule has 3 aromatic carbocycles. The molecule has 3 heterocycles. The number of hydrogen-bond acceptors (Lipinski definition) is 6. The zero-order chi connectivity index (χ0) is 27.3. The van der Waals surface area contributed by atoms with E-state index in [0.29, 0.717) is 26.3 Å². The van der Waals surface area contributed by atoms with Gasteiger partial charge in [-0.25, -0.2) is 9.29 Å². The van der Waals surface area contributed by atoms with Crippen LogP contribution in [0.2, 0.25) is 5.02 Å². The molecule has 0 saturated carbocycles. The van der Waals surface area contributed by atoms with Gasteiger partial charge in [-0.2, -0.15) is 0 Å². The number of halogens is 2. The molecule has 1 aromatic heterocycles. The lowest BCUT2D eigenvalue weighted by molar-refractivity contribution is -0.122. The summed E-state index contributed by atoms with van der Waals surface area (Å²) in [6.45, 7) is -0.295. The second-order valence-electron chi connectivity index (χ2n) is 9.12. The summed E-state index contributed by atoms with van der Waals surface area (Å²) in [4.78, 5) is 55.0. The van der Waals surface area contributed by atoms with Crippen molar-refractivity contribution in [3.63, 3.8) is 0 Å². The summed E-state index contributed by atoms with van der Waals surface area (Å²) >= 11 is 8.14. The SMILES string of the molecule is O=C(Cn1c2c(sc1=O)[C@@H](c1ccccc1)C1C(=O)N(c3ccc(Cl)cc3)C(=O)C1S2)Nc1ccc(F)cc1. The van der Waals surface area contributed by atoms with Gasteiger partial charge in [0.05, 0.1) is 16.6 Å². The first kappa shape index (κ1) is 25.5. The van der Waals surface area contributed by atoms with E-state index in [9.17, 15) is 23.6 Å². The van der Waals surface area contributed by atoms with Crippen LogP contribution in [0.4, 0.5) is 15.8 Å². The highest BCUT2D eigenvalue weighted by Crippen LogP contribution is 2.53. The van der Waals surface area contributed by atoms with Crippen molar-refractivity contribution in [2.45, 2.75) is 22.7 Å². The maximum absolute atomic E-state index is 13.8. The largest absolute Gasteiger partial charge is 0.325 e. The molecule has 0 aliphatic carbocycles. The highest BCUT2D eigenvalue weighted by molar-refractivity contribution is 8.00. The van der Waals surface area contributed by atoms with Crippen molar-refractivity contribution in [2.24, 2.45) is 5.92 Å². The fraction of sp³-hybridized carbons (Fsp3) is 0.143. The second-order valence-corrected chi connectivity index (χ2v) is 11.7. The zero-order valence-corrected chi connectivity index (χ0v) is 22.4. The first-order valence-electron chi connectivity index (χ1n) is 12.0. The average molecular weight is 580 g/mol. The fourth-order valence-corrected chi connectivity index (χ4v) is 7.90. The van der Waals surface area contributed by atoms with Crippen molar-refractivity contribution in [1.29, 1.82) is 0 Å². The van der Waals surface area contributed by atoms with Gasteiger partial charge in [-0.3, -0.25) is 23.7 Å². The van der Waals surface area contributed by atoms with Crippen molar-refractivity contribution >= 4 is 63.8 Å². The van der Waals surface area contributed by atoms with Gasteiger partial charge in [-0.15, -0.1) is 0 Å². The maximum Gasteiger partial charge on any atom is 0.308 e. The highest BCUT2D eigenvalue weighted by atomic mass is 35.5. The Kier molecular flexibility index (Phi) is 6.62. The van der Waals surface area contributed by atoms with Crippen molar-refractivity contribution in [3.8, 4) is 0 Å². The van der Waals surface area contributed by atoms with E-state index in [1.54, 1.807) is 24.3 Å². The van der Waals surface area contributed by atoms with Crippen LogP contribution < -0.4 is 15.1 Å². The van der Waals surface area contributed by atoms with E-state index in [1.807, 2.05) is 30.3 Å². The van der Waals surface area contributed by atoms with Crippen LogP contribution in [0.15, 0.2) is 88.7 Å². The van der Waals surface area contributed by atoms with Crippen LogP contribution in [0.25, 0.3) is 0 Å². The summed E-state index contributed by atoms with van der Waals surface area (Å²) in [5.41, 5.74) is 1.62. The molecule has 1 saturated heterocycles. The Hall–Kier alpha value is -3.73. The maximum atomic E-state index is 13.8. The molecule has 2 aliphatic heterocycles. The number of carbonyl (C=O) groups excluding carboxylic acids is 3. The second kappa shape index (κ2) is 10.1. The van der Waals surface area contributed by atoms with E-state index in [2.05, 4.69) is 5.32 Å². The number of benzene rings is 3. The minimum absolute atomic E-state index is 0.295. The Bertz CT molecular complexity index is 1660. The summed E-state index contributed by atoms with van der Waals surface area (Å²) in [6, 6.07) is 21.1. The molecule has 2 aliphatic rings. The number of rotatable bonds is 5. The predicted octanol–water partition coefficient (Wildman–Crippen LogP) is 5.14. The standard InChI is InChI=1S/C28H19ClFN3O4S2/c29-16-6-12-19(13-7-16)33-25(35)22-21(15-4-2-1-3-5-15)24-27(38-23(22)26(33)36)32(28(37)39-24)14-20(34)31-18-10-8-17(30)9-11-18/h1-13,21-23H,14H2,(H,31,34)/t21-,22?,23?/m0/s1. The van der Waals surface area contributed by atoms with Crippen molar-refractivity contribution in [2.75, 3.05) is 10.2 Å². The van der Waals surface area contributed by atoms with E-state index < -0.39 is 28.8 Å². The number of fused-ring (bicyclic) bond motifs is 2. The number of anilines is 2. The Morgan fingerprint density at radius 1 is 0.923 bits per heavy atom. The summed E-state index contributed by atoms with van der Waals surface area (Å²) < 4.78 is 14.6. The molecular formula is C28H19ClFN3O4S2. The van der Waals surface area contributed by atoms with Crippen LogP contribution in [0.5, 0.6) is 0 Å². The molecule has 39 heavy (non-hydrogen) atoms. The van der Waals surface area contributed by atoms with E-state index in [-0.39, 0.29) is 23.2 Å². The molecule has 0 radical (unpaired) electrons.